The summed E-state index contributed by atoms with van der Waals surface area (Å²) >= 11 is 0. The quantitative estimate of drug-likeness (QED) is 0.670. The minimum atomic E-state index is -0.461. The molecule has 0 radical (unpaired) electrons. The van der Waals surface area contributed by atoms with Gasteiger partial charge >= 0.3 is 6.09 Å². The SMILES string of the molecule is CC(c1ccccn1)N(C(=O)CCCNC(=O)OCc1ccccc1)C1CC1. The van der Waals surface area contributed by atoms with E-state index in [1.807, 2.05) is 60.4 Å². The van der Waals surface area contributed by atoms with Crippen LogP contribution in [0.25, 0.3) is 0 Å². The van der Waals surface area contributed by atoms with Crippen LogP contribution in [0.1, 0.15) is 49.9 Å². The third-order valence-corrected chi connectivity index (χ3v) is 4.81. The van der Waals surface area contributed by atoms with Crippen molar-refractivity contribution >= 4 is 12.0 Å². The molecule has 2 aromatic rings. The molecule has 0 aliphatic heterocycles. The fraction of sp³-hybridized carbons (Fsp3) is 0.409. The highest BCUT2D eigenvalue weighted by Crippen LogP contribution is 2.34. The molecule has 1 aromatic carbocycles. The van der Waals surface area contributed by atoms with E-state index in [1.165, 1.54) is 0 Å². The third kappa shape index (κ3) is 5.81. The van der Waals surface area contributed by atoms with E-state index >= 15 is 0 Å². The molecule has 1 aliphatic carbocycles. The Bertz CT molecular complexity index is 763. The fourth-order valence-corrected chi connectivity index (χ4v) is 3.19. The maximum atomic E-state index is 12.7. The predicted octanol–water partition coefficient (Wildman–Crippen LogP) is 3.84. The Labute approximate surface area is 165 Å². The zero-order chi connectivity index (χ0) is 19.8. The molecular weight excluding hydrogens is 354 g/mol. The molecule has 1 fully saturated rings. The monoisotopic (exact) mass is 381 g/mol. The van der Waals surface area contributed by atoms with Gasteiger partial charge in [0, 0.05) is 25.2 Å². The van der Waals surface area contributed by atoms with Crippen molar-refractivity contribution in [2.75, 3.05) is 6.54 Å². The highest BCUT2D eigenvalue weighted by Gasteiger charge is 2.36. The maximum absolute atomic E-state index is 12.7. The number of alkyl carbamates (subject to hydrolysis) is 1. The predicted molar refractivity (Wildman–Crippen MR) is 106 cm³/mol. The Balaban J connectivity index is 1.39. The Kier molecular flexibility index (Phi) is 7.00. The molecule has 3 rings (SSSR count). The molecule has 0 spiro atoms. The lowest BCUT2D eigenvalue weighted by Crippen LogP contribution is -2.36. The first kappa shape index (κ1) is 19.9. The molecule has 2 amide bonds. The first-order valence-corrected chi connectivity index (χ1v) is 9.82. The number of rotatable bonds is 9. The largest absolute Gasteiger partial charge is 0.445 e. The van der Waals surface area contributed by atoms with Crippen LogP contribution in [0.3, 0.4) is 0 Å². The Morgan fingerprint density at radius 3 is 2.61 bits per heavy atom. The normalized spacial score (nSPS) is 14.2. The van der Waals surface area contributed by atoms with Gasteiger partial charge in [-0.25, -0.2) is 4.79 Å². The van der Waals surface area contributed by atoms with Gasteiger partial charge in [-0.05, 0) is 43.9 Å². The van der Waals surface area contributed by atoms with Gasteiger partial charge in [0.05, 0.1) is 11.7 Å². The maximum Gasteiger partial charge on any atom is 0.407 e. The Hall–Kier alpha value is -2.89. The molecule has 1 N–H and O–H groups in total. The molecule has 148 valence electrons. The van der Waals surface area contributed by atoms with Gasteiger partial charge < -0.3 is 15.0 Å². The Morgan fingerprint density at radius 1 is 1.18 bits per heavy atom. The van der Waals surface area contributed by atoms with Crippen LogP contribution in [0.5, 0.6) is 0 Å². The molecule has 0 saturated heterocycles. The van der Waals surface area contributed by atoms with Crippen molar-refractivity contribution in [2.45, 2.75) is 51.3 Å². The second-order valence-corrected chi connectivity index (χ2v) is 7.05. The first-order valence-electron chi connectivity index (χ1n) is 9.82. The van der Waals surface area contributed by atoms with Crippen LogP contribution in [-0.2, 0) is 16.1 Å². The zero-order valence-electron chi connectivity index (χ0n) is 16.2. The number of benzene rings is 1. The average molecular weight is 381 g/mol. The molecule has 1 unspecified atom stereocenters. The summed E-state index contributed by atoms with van der Waals surface area (Å²) in [7, 11) is 0. The van der Waals surface area contributed by atoms with Crippen LogP contribution in [0.2, 0.25) is 0 Å². The highest BCUT2D eigenvalue weighted by atomic mass is 16.5. The minimum Gasteiger partial charge on any atom is -0.445 e. The smallest absolute Gasteiger partial charge is 0.407 e. The summed E-state index contributed by atoms with van der Waals surface area (Å²) in [4.78, 5) is 30.9. The van der Waals surface area contributed by atoms with Gasteiger partial charge in [0.25, 0.3) is 0 Å². The van der Waals surface area contributed by atoms with Crippen molar-refractivity contribution in [3.05, 3.63) is 66.0 Å². The van der Waals surface area contributed by atoms with Crippen LogP contribution in [-0.4, -0.2) is 34.5 Å². The second-order valence-electron chi connectivity index (χ2n) is 7.05. The van der Waals surface area contributed by atoms with E-state index in [-0.39, 0.29) is 18.6 Å². The Morgan fingerprint density at radius 2 is 1.93 bits per heavy atom. The summed E-state index contributed by atoms with van der Waals surface area (Å²) in [5.74, 6) is 0.111. The van der Waals surface area contributed by atoms with E-state index in [0.29, 0.717) is 25.4 Å². The summed E-state index contributed by atoms with van der Waals surface area (Å²) in [6.45, 7) is 2.68. The summed E-state index contributed by atoms with van der Waals surface area (Å²) < 4.78 is 5.17. The van der Waals surface area contributed by atoms with Crippen LogP contribution in [0.15, 0.2) is 54.7 Å². The number of carbonyl (C=O) groups excluding carboxylic acids is 2. The fourth-order valence-electron chi connectivity index (χ4n) is 3.19. The topological polar surface area (TPSA) is 71.5 Å². The van der Waals surface area contributed by atoms with E-state index in [0.717, 1.165) is 24.1 Å². The molecule has 6 nitrogen and oxygen atoms in total. The summed E-state index contributed by atoms with van der Waals surface area (Å²) in [6.07, 6.45) is 4.37. The van der Waals surface area contributed by atoms with E-state index in [1.54, 1.807) is 6.20 Å². The number of ether oxygens (including phenoxy) is 1. The van der Waals surface area contributed by atoms with Crippen molar-refractivity contribution in [3.8, 4) is 0 Å². The molecule has 0 bridgehead atoms. The molecule has 6 heteroatoms. The van der Waals surface area contributed by atoms with E-state index < -0.39 is 6.09 Å². The lowest BCUT2D eigenvalue weighted by Gasteiger charge is -2.29. The molecule has 1 atom stereocenters. The number of hydrogen-bond acceptors (Lipinski definition) is 4. The van der Waals surface area contributed by atoms with Crippen LogP contribution in [0.4, 0.5) is 4.79 Å². The van der Waals surface area contributed by atoms with Crippen molar-refractivity contribution in [1.82, 2.24) is 15.2 Å². The van der Waals surface area contributed by atoms with Crippen LogP contribution >= 0.6 is 0 Å². The van der Waals surface area contributed by atoms with E-state index in [4.69, 9.17) is 4.74 Å². The molecule has 1 aromatic heterocycles. The van der Waals surface area contributed by atoms with Gasteiger partial charge in [-0.15, -0.1) is 0 Å². The lowest BCUT2D eigenvalue weighted by molar-refractivity contribution is -0.134. The third-order valence-electron chi connectivity index (χ3n) is 4.81. The van der Waals surface area contributed by atoms with Crippen LogP contribution < -0.4 is 5.32 Å². The van der Waals surface area contributed by atoms with E-state index in [9.17, 15) is 9.59 Å². The van der Waals surface area contributed by atoms with Crippen molar-refractivity contribution in [2.24, 2.45) is 0 Å². The summed E-state index contributed by atoms with van der Waals surface area (Å²) in [6, 6.07) is 15.6. The van der Waals surface area contributed by atoms with Gasteiger partial charge in [0.2, 0.25) is 5.91 Å². The minimum absolute atomic E-state index is 0.0370. The first-order chi connectivity index (χ1) is 13.6. The highest BCUT2D eigenvalue weighted by molar-refractivity contribution is 5.77. The van der Waals surface area contributed by atoms with Gasteiger partial charge in [-0.1, -0.05) is 36.4 Å². The van der Waals surface area contributed by atoms with Gasteiger partial charge in [-0.2, -0.15) is 0 Å². The molecule has 1 heterocycles. The molecule has 28 heavy (non-hydrogen) atoms. The van der Waals surface area contributed by atoms with Gasteiger partial charge in [-0.3, -0.25) is 9.78 Å². The zero-order valence-corrected chi connectivity index (χ0v) is 16.2. The molecule has 1 aliphatic rings. The molecular formula is C22H27N3O3. The number of carbonyl (C=O) groups is 2. The lowest BCUT2D eigenvalue weighted by atomic mass is 10.1. The number of nitrogens with zero attached hydrogens (tertiary/aromatic N) is 2. The number of nitrogens with one attached hydrogen (secondary N) is 1. The van der Waals surface area contributed by atoms with Crippen LogP contribution in [0, 0.1) is 0 Å². The number of amides is 2. The second kappa shape index (κ2) is 9.88. The number of pyridine rings is 1. The average Bonchev–Trinajstić information content (AvgIpc) is 3.56. The number of hydrogen-bond donors (Lipinski definition) is 1. The van der Waals surface area contributed by atoms with Crippen molar-refractivity contribution in [3.63, 3.8) is 0 Å². The van der Waals surface area contributed by atoms with Crippen molar-refractivity contribution < 1.29 is 14.3 Å². The number of aromatic nitrogens is 1. The standard InChI is InChI=1S/C22H27N3O3/c1-17(20-10-5-6-14-23-20)25(19-12-13-19)21(26)11-7-15-24-22(27)28-16-18-8-3-2-4-9-18/h2-6,8-10,14,17,19H,7,11-13,15-16H2,1H3,(H,24,27). The summed E-state index contributed by atoms with van der Waals surface area (Å²) in [5, 5.41) is 2.71. The van der Waals surface area contributed by atoms with Gasteiger partial charge in [0.1, 0.15) is 6.61 Å². The van der Waals surface area contributed by atoms with Crippen molar-refractivity contribution in [1.29, 1.82) is 0 Å². The molecule has 1 saturated carbocycles. The summed E-state index contributed by atoms with van der Waals surface area (Å²) in [5.41, 5.74) is 1.85. The van der Waals surface area contributed by atoms with E-state index in [2.05, 4.69) is 10.3 Å². The van der Waals surface area contributed by atoms with Gasteiger partial charge in [0.15, 0.2) is 0 Å².